The summed E-state index contributed by atoms with van der Waals surface area (Å²) in [5.74, 6) is 0.286. The van der Waals surface area contributed by atoms with E-state index in [4.69, 9.17) is 10.8 Å². The zero-order chi connectivity index (χ0) is 16.2. The lowest BCUT2D eigenvalue weighted by molar-refractivity contribution is 0.0696. The number of benzene rings is 1. The zero-order valence-corrected chi connectivity index (χ0v) is 13.0. The molecule has 5 nitrogen and oxygen atoms in total. The highest BCUT2D eigenvalue weighted by atomic mass is 16.4. The third-order valence-corrected chi connectivity index (χ3v) is 4.39. The summed E-state index contributed by atoms with van der Waals surface area (Å²) >= 11 is 0. The molecule has 1 aromatic carbocycles. The van der Waals surface area contributed by atoms with Gasteiger partial charge >= 0.3 is 5.97 Å². The molecule has 2 heterocycles. The van der Waals surface area contributed by atoms with Crippen LogP contribution in [0.1, 0.15) is 27.9 Å². The Hall–Kier alpha value is -2.40. The van der Waals surface area contributed by atoms with Crippen LogP contribution in [0.2, 0.25) is 0 Å². The molecule has 3 N–H and O–H groups in total. The Morgan fingerprint density at radius 2 is 2.22 bits per heavy atom. The fourth-order valence-corrected chi connectivity index (χ4v) is 3.21. The van der Waals surface area contributed by atoms with Crippen LogP contribution in [0.15, 0.2) is 42.6 Å². The van der Waals surface area contributed by atoms with Gasteiger partial charge in [-0.25, -0.2) is 9.78 Å². The van der Waals surface area contributed by atoms with E-state index in [1.54, 1.807) is 18.3 Å². The number of carboxylic acid groups (broad SMARTS) is 1. The molecule has 1 saturated heterocycles. The Bertz CT molecular complexity index is 702. The molecule has 0 radical (unpaired) electrons. The van der Waals surface area contributed by atoms with Gasteiger partial charge in [0.15, 0.2) is 0 Å². The molecule has 120 valence electrons. The van der Waals surface area contributed by atoms with Crippen LogP contribution < -0.4 is 5.73 Å². The smallest absolute Gasteiger partial charge is 0.335 e. The molecule has 1 aliphatic heterocycles. The number of hydrogen-bond acceptors (Lipinski definition) is 4. The quantitative estimate of drug-likeness (QED) is 0.886. The monoisotopic (exact) mass is 311 g/mol. The Kier molecular flexibility index (Phi) is 4.57. The number of nitrogens with zero attached hydrogens (tertiary/aromatic N) is 2. The molecule has 0 amide bonds. The first-order valence-electron chi connectivity index (χ1n) is 7.86. The van der Waals surface area contributed by atoms with E-state index in [9.17, 15) is 4.79 Å². The average molecular weight is 311 g/mol. The van der Waals surface area contributed by atoms with Crippen LogP contribution in [0.4, 0.5) is 5.82 Å². The number of nitrogen functional groups attached to an aromatic ring is 1. The van der Waals surface area contributed by atoms with Gasteiger partial charge in [-0.05, 0) is 49.1 Å². The summed E-state index contributed by atoms with van der Waals surface area (Å²) in [7, 11) is 0. The number of carbonyl (C=O) groups is 1. The molecule has 0 saturated carbocycles. The second kappa shape index (κ2) is 6.79. The van der Waals surface area contributed by atoms with Gasteiger partial charge in [0.1, 0.15) is 5.82 Å². The summed E-state index contributed by atoms with van der Waals surface area (Å²) < 4.78 is 0. The minimum absolute atomic E-state index is 0.362. The Labute approximate surface area is 135 Å². The van der Waals surface area contributed by atoms with Crippen LogP contribution in [0.3, 0.4) is 0 Å². The number of aromatic carboxylic acids is 1. The highest BCUT2D eigenvalue weighted by molar-refractivity contribution is 5.87. The fourth-order valence-electron chi connectivity index (χ4n) is 3.21. The minimum atomic E-state index is -0.869. The first-order chi connectivity index (χ1) is 11.1. The molecule has 0 unspecified atom stereocenters. The number of rotatable bonds is 5. The second-order valence-corrected chi connectivity index (χ2v) is 6.15. The standard InChI is InChI=1S/C18H21N3O2/c19-17-16(5-2-7-20-17)12-21-8-6-14(11-21)9-13-3-1-4-15(10-13)18(22)23/h1-5,7,10,14H,6,8-9,11-12H2,(H2,19,20)(H,22,23)/t14-/m1/s1. The summed E-state index contributed by atoms with van der Waals surface area (Å²) in [6.45, 7) is 2.87. The second-order valence-electron chi connectivity index (χ2n) is 6.15. The summed E-state index contributed by atoms with van der Waals surface area (Å²) in [6.07, 6.45) is 3.75. The van der Waals surface area contributed by atoms with E-state index in [0.717, 1.165) is 43.6 Å². The van der Waals surface area contributed by atoms with Gasteiger partial charge in [0.25, 0.3) is 0 Å². The van der Waals surface area contributed by atoms with E-state index in [1.807, 2.05) is 24.3 Å². The molecular weight excluding hydrogens is 290 g/mol. The predicted octanol–water partition coefficient (Wildman–Crippen LogP) is 2.43. The van der Waals surface area contributed by atoms with Gasteiger partial charge in [0.05, 0.1) is 5.56 Å². The van der Waals surface area contributed by atoms with Crippen molar-refractivity contribution in [3.63, 3.8) is 0 Å². The highest BCUT2D eigenvalue weighted by Crippen LogP contribution is 2.23. The summed E-state index contributed by atoms with van der Waals surface area (Å²) in [5.41, 5.74) is 8.44. The molecule has 0 spiro atoms. The molecule has 23 heavy (non-hydrogen) atoms. The maximum atomic E-state index is 11.1. The first-order valence-corrected chi connectivity index (χ1v) is 7.86. The number of hydrogen-bond donors (Lipinski definition) is 2. The lowest BCUT2D eigenvalue weighted by atomic mass is 9.97. The number of pyridine rings is 1. The summed E-state index contributed by atoms with van der Waals surface area (Å²) in [5, 5.41) is 9.08. The van der Waals surface area contributed by atoms with Crippen molar-refractivity contribution in [2.45, 2.75) is 19.4 Å². The topological polar surface area (TPSA) is 79.5 Å². The molecule has 0 aliphatic carbocycles. The summed E-state index contributed by atoms with van der Waals surface area (Å²) in [4.78, 5) is 17.6. The number of aromatic nitrogens is 1. The van der Waals surface area contributed by atoms with Gasteiger partial charge in [-0.2, -0.15) is 0 Å². The number of anilines is 1. The van der Waals surface area contributed by atoms with Crippen molar-refractivity contribution in [3.8, 4) is 0 Å². The number of nitrogens with two attached hydrogens (primary N) is 1. The van der Waals surface area contributed by atoms with Gasteiger partial charge in [-0.1, -0.05) is 18.2 Å². The molecule has 0 bridgehead atoms. The van der Waals surface area contributed by atoms with E-state index in [-0.39, 0.29) is 0 Å². The molecular formula is C18H21N3O2. The first kappa shape index (κ1) is 15.5. The Balaban J connectivity index is 1.59. The SMILES string of the molecule is Nc1ncccc1CN1CC[C@H](Cc2cccc(C(=O)O)c2)C1. The van der Waals surface area contributed by atoms with Crippen molar-refractivity contribution < 1.29 is 9.90 Å². The number of likely N-dealkylation sites (tertiary alicyclic amines) is 1. The maximum Gasteiger partial charge on any atom is 0.335 e. The van der Waals surface area contributed by atoms with E-state index < -0.39 is 5.97 Å². The molecule has 2 aromatic rings. The largest absolute Gasteiger partial charge is 0.478 e. The maximum absolute atomic E-state index is 11.1. The van der Waals surface area contributed by atoms with Crippen molar-refractivity contribution >= 4 is 11.8 Å². The van der Waals surface area contributed by atoms with Gasteiger partial charge in [0.2, 0.25) is 0 Å². The molecule has 1 aliphatic rings. The van der Waals surface area contributed by atoms with Crippen LogP contribution in [-0.2, 0) is 13.0 Å². The number of carboxylic acids is 1. The predicted molar refractivity (Wildman–Crippen MR) is 89.1 cm³/mol. The van der Waals surface area contributed by atoms with Crippen molar-refractivity contribution in [2.75, 3.05) is 18.8 Å². The van der Waals surface area contributed by atoms with Crippen molar-refractivity contribution in [1.29, 1.82) is 0 Å². The molecule has 3 rings (SSSR count). The van der Waals surface area contributed by atoms with Crippen LogP contribution >= 0.6 is 0 Å². The van der Waals surface area contributed by atoms with Crippen molar-refractivity contribution in [1.82, 2.24) is 9.88 Å². The van der Waals surface area contributed by atoms with Crippen LogP contribution in [-0.4, -0.2) is 34.0 Å². The summed E-state index contributed by atoms with van der Waals surface area (Å²) in [6, 6.07) is 11.2. The van der Waals surface area contributed by atoms with E-state index in [1.165, 1.54) is 0 Å². The van der Waals surface area contributed by atoms with Gasteiger partial charge in [0, 0.05) is 24.8 Å². The van der Waals surface area contributed by atoms with Gasteiger partial charge < -0.3 is 10.8 Å². The van der Waals surface area contributed by atoms with Gasteiger partial charge in [-0.15, -0.1) is 0 Å². The molecule has 1 fully saturated rings. The van der Waals surface area contributed by atoms with Crippen LogP contribution in [0.25, 0.3) is 0 Å². The van der Waals surface area contributed by atoms with Gasteiger partial charge in [-0.3, -0.25) is 4.90 Å². The zero-order valence-electron chi connectivity index (χ0n) is 13.0. The van der Waals surface area contributed by atoms with Crippen LogP contribution in [0.5, 0.6) is 0 Å². The molecule has 5 heteroatoms. The molecule has 1 atom stereocenters. The lowest BCUT2D eigenvalue weighted by Gasteiger charge is -2.17. The molecule has 1 aromatic heterocycles. The van der Waals surface area contributed by atoms with E-state index in [2.05, 4.69) is 9.88 Å². The normalized spacial score (nSPS) is 18.2. The highest BCUT2D eigenvalue weighted by Gasteiger charge is 2.23. The van der Waals surface area contributed by atoms with E-state index in [0.29, 0.717) is 17.3 Å². The van der Waals surface area contributed by atoms with E-state index >= 15 is 0 Å². The minimum Gasteiger partial charge on any atom is -0.478 e. The lowest BCUT2D eigenvalue weighted by Crippen LogP contribution is -2.21. The third-order valence-electron chi connectivity index (χ3n) is 4.39. The average Bonchev–Trinajstić information content (AvgIpc) is 2.97. The Morgan fingerprint density at radius 3 is 3.00 bits per heavy atom. The fraction of sp³-hybridized carbons (Fsp3) is 0.333. The third kappa shape index (κ3) is 3.87. The van der Waals surface area contributed by atoms with Crippen molar-refractivity contribution in [2.24, 2.45) is 5.92 Å². The van der Waals surface area contributed by atoms with Crippen molar-refractivity contribution in [3.05, 3.63) is 59.3 Å². The Morgan fingerprint density at radius 1 is 1.35 bits per heavy atom. The van der Waals surface area contributed by atoms with Crippen LogP contribution in [0, 0.1) is 5.92 Å².